The lowest BCUT2D eigenvalue weighted by molar-refractivity contribution is -0.118. The Bertz CT molecular complexity index is 224. The average Bonchev–Trinajstić information content (AvgIpc) is 2.60. The van der Waals surface area contributed by atoms with Gasteiger partial charge >= 0.3 is 0 Å². The number of hydrogen-bond acceptors (Lipinski definition) is 2. The number of imidazole rings is 1. The van der Waals surface area contributed by atoms with Gasteiger partial charge in [0.1, 0.15) is 0 Å². The number of carbonyl (C=O) groups is 1. The fourth-order valence-corrected chi connectivity index (χ4v) is 0.780. The minimum absolute atomic E-state index is 0. The highest BCUT2D eigenvalue weighted by Gasteiger charge is 1.90. The van der Waals surface area contributed by atoms with E-state index in [0.717, 1.165) is 6.54 Å². The lowest BCUT2D eigenvalue weighted by Crippen LogP contribution is -2.23. The molecule has 1 N–H and O–H groups in total. The molecule has 0 aliphatic rings. The second-order valence-corrected chi connectivity index (χ2v) is 2.28. The molecule has 1 aromatic rings. The van der Waals surface area contributed by atoms with Gasteiger partial charge in [-0.15, -0.1) is 0 Å². The van der Waals surface area contributed by atoms with Crippen LogP contribution in [0.15, 0.2) is 18.7 Å². The first kappa shape index (κ1) is 11.7. The van der Waals surface area contributed by atoms with Gasteiger partial charge in [-0.3, -0.25) is 4.79 Å². The minimum Gasteiger partial charge on any atom is -0.355 e. The van der Waals surface area contributed by atoms with Crippen molar-refractivity contribution in [2.45, 2.75) is 27.3 Å². The molecule has 0 aromatic carbocycles. The molecule has 0 aliphatic carbocycles. The zero-order valence-electron chi connectivity index (χ0n) is 8.45. The first-order valence-corrected chi connectivity index (χ1v) is 4.49. The molecule has 1 aromatic heterocycles. The topological polar surface area (TPSA) is 46.9 Å². The van der Waals surface area contributed by atoms with Crippen molar-refractivity contribution in [3.8, 4) is 0 Å². The number of carbonyl (C=O) groups excluding carboxylic acids is 1. The summed E-state index contributed by atoms with van der Waals surface area (Å²) in [5, 5.41) is 2.70. The van der Waals surface area contributed by atoms with Gasteiger partial charge < -0.3 is 9.88 Å². The molecule has 4 heteroatoms. The van der Waals surface area contributed by atoms with Crippen molar-refractivity contribution < 1.29 is 6.22 Å². The smallest absolute Gasteiger partial charge is 0.216 e. The molecule has 13 heavy (non-hydrogen) atoms. The van der Waals surface area contributed by atoms with E-state index < -0.39 is 0 Å². The molecule has 0 fully saturated rings. The largest absolute Gasteiger partial charge is 0.355 e. The molecule has 4 nitrogen and oxygen atoms in total. The SMILES string of the molecule is CC.CC(=O)NCCn1ccnc1.[HH]. The van der Waals surface area contributed by atoms with E-state index in [1.807, 2.05) is 24.6 Å². The van der Waals surface area contributed by atoms with Crippen LogP contribution in [0.4, 0.5) is 0 Å². The summed E-state index contributed by atoms with van der Waals surface area (Å²) in [6, 6.07) is 0. The Morgan fingerprint density at radius 1 is 1.62 bits per heavy atom. The molecule has 0 radical (unpaired) electrons. The fraction of sp³-hybridized carbons (Fsp3) is 0.556. The predicted octanol–water partition coefficient (Wildman–Crippen LogP) is 1.29. The van der Waals surface area contributed by atoms with Crippen molar-refractivity contribution in [2.75, 3.05) is 6.54 Å². The maximum atomic E-state index is 10.4. The van der Waals surface area contributed by atoms with Gasteiger partial charge in [0, 0.05) is 33.8 Å². The number of nitrogens with one attached hydrogen (secondary N) is 1. The van der Waals surface area contributed by atoms with Crippen LogP contribution >= 0.6 is 0 Å². The molecule has 0 saturated carbocycles. The second kappa shape index (κ2) is 7.34. The van der Waals surface area contributed by atoms with Crippen LogP contribution in [0.25, 0.3) is 0 Å². The minimum atomic E-state index is 0. The van der Waals surface area contributed by atoms with E-state index in [1.165, 1.54) is 6.92 Å². The Hall–Kier alpha value is -1.32. The molecule has 76 valence electrons. The molecule has 0 bridgehead atoms. The highest BCUT2D eigenvalue weighted by atomic mass is 16.1. The maximum Gasteiger partial charge on any atom is 0.216 e. The lowest BCUT2D eigenvalue weighted by atomic mass is 10.5. The fourth-order valence-electron chi connectivity index (χ4n) is 0.780. The Kier molecular flexibility index (Phi) is 6.59. The van der Waals surface area contributed by atoms with Crippen molar-refractivity contribution in [1.82, 2.24) is 14.9 Å². The van der Waals surface area contributed by atoms with Gasteiger partial charge in [0.2, 0.25) is 5.91 Å². The molecule has 0 aliphatic heterocycles. The number of nitrogens with zero attached hydrogens (tertiary/aromatic N) is 2. The summed E-state index contributed by atoms with van der Waals surface area (Å²) in [6.45, 7) is 6.94. The third-order valence-electron chi connectivity index (χ3n) is 1.30. The van der Waals surface area contributed by atoms with E-state index in [2.05, 4.69) is 10.3 Å². The molecular formula is C9H19N3O. The molecular weight excluding hydrogens is 166 g/mol. The van der Waals surface area contributed by atoms with Crippen LogP contribution < -0.4 is 5.32 Å². The normalized spacial score (nSPS) is 8.54. The third kappa shape index (κ3) is 5.90. The van der Waals surface area contributed by atoms with Gasteiger partial charge in [-0.05, 0) is 0 Å². The molecule has 0 spiro atoms. The van der Waals surface area contributed by atoms with E-state index in [9.17, 15) is 4.79 Å². The molecule has 1 rings (SSSR count). The van der Waals surface area contributed by atoms with Crippen molar-refractivity contribution in [3.63, 3.8) is 0 Å². The van der Waals surface area contributed by atoms with E-state index >= 15 is 0 Å². The first-order chi connectivity index (χ1) is 6.29. The Labute approximate surface area is 80.5 Å². The Morgan fingerprint density at radius 2 is 2.31 bits per heavy atom. The van der Waals surface area contributed by atoms with Crippen LogP contribution in [0, 0.1) is 0 Å². The van der Waals surface area contributed by atoms with Crippen LogP contribution in [0.2, 0.25) is 0 Å². The van der Waals surface area contributed by atoms with Crippen LogP contribution in [-0.4, -0.2) is 22.0 Å². The monoisotopic (exact) mass is 185 g/mol. The average molecular weight is 185 g/mol. The van der Waals surface area contributed by atoms with Crippen molar-refractivity contribution in [3.05, 3.63) is 18.7 Å². The first-order valence-electron chi connectivity index (χ1n) is 4.49. The zero-order chi connectivity index (χ0) is 10.1. The van der Waals surface area contributed by atoms with E-state index in [-0.39, 0.29) is 7.33 Å². The van der Waals surface area contributed by atoms with Gasteiger partial charge in [-0.1, -0.05) is 13.8 Å². The highest BCUT2D eigenvalue weighted by molar-refractivity contribution is 5.72. The molecule has 0 saturated heterocycles. The van der Waals surface area contributed by atoms with Gasteiger partial charge in [0.25, 0.3) is 0 Å². The lowest BCUT2D eigenvalue weighted by Gasteiger charge is -2.01. The predicted molar refractivity (Wildman–Crippen MR) is 54.4 cm³/mol. The van der Waals surface area contributed by atoms with Gasteiger partial charge in [0.15, 0.2) is 0 Å². The molecule has 1 amide bonds. The maximum absolute atomic E-state index is 10.4. The standard InChI is InChI=1S/C7H11N3O.C2H6.H2/c1-7(11)9-3-5-10-4-2-8-6-10;1-2;/h2,4,6H,3,5H2,1H3,(H,9,11);1-2H3;1H. The summed E-state index contributed by atoms with van der Waals surface area (Å²) in [6.07, 6.45) is 5.30. The number of amides is 1. The summed E-state index contributed by atoms with van der Waals surface area (Å²) in [5.41, 5.74) is 0. The highest BCUT2D eigenvalue weighted by Crippen LogP contribution is 1.82. The number of rotatable bonds is 3. The van der Waals surface area contributed by atoms with Crippen LogP contribution in [0.3, 0.4) is 0 Å². The van der Waals surface area contributed by atoms with Crippen molar-refractivity contribution >= 4 is 5.91 Å². The van der Waals surface area contributed by atoms with Gasteiger partial charge in [0.05, 0.1) is 6.33 Å². The van der Waals surface area contributed by atoms with Gasteiger partial charge in [-0.2, -0.15) is 0 Å². The molecule has 0 unspecified atom stereocenters. The van der Waals surface area contributed by atoms with Crippen LogP contribution in [-0.2, 0) is 11.3 Å². The van der Waals surface area contributed by atoms with E-state index in [0.29, 0.717) is 6.54 Å². The second-order valence-electron chi connectivity index (χ2n) is 2.28. The quantitative estimate of drug-likeness (QED) is 0.771. The van der Waals surface area contributed by atoms with Crippen LogP contribution in [0.5, 0.6) is 0 Å². The number of hydrogen-bond donors (Lipinski definition) is 1. The zero-order valence-corrected chi connectivity index (χ0v) is 8.45. The summed E-state index contributed by atoms with van der Waals surface area (Å²) >= 11 is 0. The summed E-state index contributed by atoms with van der Waals surface area (Å²) < 4.78 is 1.91. The third-order valence-corrected chi connectivity index (χ3v) is 1.30. The summed E-state index contributed by atoms with van der Waals surface area (Å²) in [7, 11) is 0. The molecule has 1 heterocycles. The number of aromatic nitrogens is 2. The Morgan fingerprint density at radius 3 is 2.77 bits per heavy atom. The van der Waals surface area contributed by atoms with Crippen molar-refractivity contribution in [1.29, 1.82) is 0 Å². The molecule has 0 atom stereocenters. The Balaban J connectivity index is 0. The van der Waals surface area contributed by atoms with Gasteiger partial charge in [-0.25, -0.2) is 4.98 Å². The van der Waals surface area contributed by atoms with Crippen LogP contribution in [0.1, 0.15) is 22.2 Å². The summed E-state index contributed by atoms with van der Waals surface area (Å²) in [5.74, 6) is 0.00474. The summed E-state index contributed by atoms with van der Waals surface area (Å²) in [4.78, 5) is 14.3. The van der Waals surface area contributed by atoms with Crippen molar-refractivity contribution in [2.24, 2.45) is 0 Å². The van der Waals surface area contributed by atoms with E-state index in [4.69, 9.17) is 0 Å². The van der Waals surface area contributed by atoms with E-state index in [1.54, 1.807) is 12.5 Å².